The molecule has 0 saturated carbocycles. The van der Waals surface area contributed by atoms with Crippen LogP contribution in [0.5, 0.6) is 11.5 Å². The van der Waals surface area contributed by atoms with E-state index in [1.54, 1.807) is 6.07 Å². The Morgan fingerprint density at radius 1 is 1.12 bits per heavy atom. The Morgan fingerprint density at radius 3 is 2.44 bits per heavy atom. The summed E-state index contributed by atoms with van der Waals surface area (Å²) >= 11 is 0. The van der Waals surface area contributed by atoms with Gasteiger partial charge in [0, 0.05) is 11.6 Å². The average molecular weight is 344 g/mol. The number of carboxylic acid groups (broad SMARTS) is 1. The molecule has 0 radical (unpaired) electrons. The Morgan fingerprint density at radius 2 is 1.84 bits per heavy atom. The predicted molar refractivity (Wildman–Crippen MR) is 96.3 cm³/mol. The van der Waals surface area contributed by atoms with Gasteiger partial charge in [0.05, 0.1) is 18.3 Å². The van der Waals surface area contributed by atoms with Gasteiger partial charge in [-0.05, 0) is 31.9 Å². The van der Waals surface area contributed by atoms with Crippen LogP contribution in [0.2, 0.25) is 0 Å². The monoisotopic (exact) mass is 344 g/mol. The van der Waals surface area contributed by atoms with E-state index >= 15 is 0 Å². The van der Waals surface area contributed by atoms with Crippen LogP contribution < -0.4 is 9.47 Å². The van der Waals surface area contributed by atoms with E-state index in [9.17, 15) is 9.90 Å². The molecule has 2 aromatic carbocycles. The summed E-state index contributed by atoms with van der Waals surface area (Å²) in [5, 5.41) is 9.67. The highest BCUT2D eigenvalue weighted by Gasteiger charge is 2.20. The Bertz CT molecular complexity index is 695. The number of benzene rings is 2. The van der Waals surface area contributed by atoms with Gasteiger partial charge in [-0.1, -0.05) is 37.3 Å². The van der Waals surface area contributed by atoms with Gasteiger partial charge in [-0.25, -0.2) is 4.79 Å². The minimum Gasteiger partial charge on any atom is -0.493 e. The van der Waals surface area contributed by atoms with Gasteiger partial charge in [-0.2, -0.15) is 0 Å². The Balaban J connectivity index is 2.49. The first-order chi connectivity index (χ1) is 12.0. The van der Waals surface area contributed by atoms with Crippen LogP contribution in [0.15, 0.2) is 42.5 Å². The van der Waals surface area contributed by atoms with E-state index in [-0.39, 0.29) is 18.5 Å². The highest BCUT2D eigenvalue weighted by atomic mass is 16.7. The summed E-state index contributed by atoms with van der Waals surface area (Å²) in [5.74, 6) is -0.133. The summed E-state index contributed by atoms with van der Waals surface area (Å²) in [4.78, 5) is 11.8. The molecule has 0 heterocycles. The second kappa shape index (κ2) is 9.08. The molecule has 25 heavy (non-hydrogen) atoms. The van der Waals surface area contributed by atoms with E-state index in [0.29, 0.717) is 23.7 Å². The lowest BCUT2D eigenvalue weighted by atomic mass is 9.98. The third-order valence-corrected chi connectivity index (χ3v) is 3.46. The molecule has 0 aliphatic heterocycles. The van der Waals surface area contributed by atoms with Crippen molar-refractivity contribution in [2.45, 2.75) is 33.3 Å². The lowest BCUT2D eigenvalue weighted by Gasteiger charge is -2.17. The summed E-state index contributed by atoms with van der Waals surface area (Å²) in [7, 11) is 0. The first-order valence-corrected chi connectivity index (χ1v) is 8.36. The molecule has 0 amide bonds. The number of rotatable bonds is 9. The zero-order valence-corrected chi connectivity index (χ0v) is 14.8. The molecule has 0 unspecified atom stereocenters. The van der Waals surface area contributed by atoms with Crippen molar-refractivity contribution in [3.8, 4) is 22.6 Å². The molecule has 5 nitrogen and oxygen atoms in total. The minimum absolute atomic E-state index is 0.0126. The zero-order valence-electron chi connectivity index (χ0n) is 14.8. The highest BCUT2D eigenvalue weighted by molar-refractivity contribution is 5.98. The van der Waals surface area contributed by atoms with Gasteiger partial charge in [-0.3, -0.25) is 0 Å². The van der Waals surface area contributed by atoms with E-state index in [2.05, 4.69) is 0 Å². The first kappa shape index (κ1) is 18.8. The quantitative estimate of drug-likeness (QED) is 0.673. The number of carboxylic acids is 1. The van der Waals surface area contributed by atoms with E-state index < -0.39 is 5.97 Å². The standard InChI is InChI=1S/C20H24O5/c1-4-10-23-16-11-17(20(21)22)19(15-8-6-5-7-9-15)18(12-16)25-13-24-14(2)3/h5-9,11-12,14H,4,10,13H2,1-3H3,(H,21,22). The van der Waals surface area contributed by atoms with E-state index in [1.165, 1.54) is 6.07 Å². The molecule has 0 bridgehead atoms. The van der Waals surface area contributed by atoms with Crippen molar-refractivity contribution in [2.24, 2.45) is 0 Å². The van der Waals surface area contributed by atoms with Gasteiger partial charge in [0.15, 0.2) is 6.79 Å². The molecule has 134 valence electrons. The van der Waals surface area contributed by atoms with Gasteiger partial charge in [0.1, 0.15) is 11.5 Å². The molecule has 0 saturated heterocycles. The van der Waals surface area contributed by atoms with Crippen LogP contribution in [0.25, 0.3) is 11.1 Å². The zero-order chi connectivity index (χ0) is 18.2. The summed E-state index contributed by atoms with van der Waals surface area (Å²) in [6, 6.07) is 12.6. The molecule has 0 atom stereocenters. The highest BCUT2D eigenvalue weighted by Crippen LogP contribution is 2.37. The number of hydrogen-bond acceptors (Lipinski definition) is 4. The largest absolute Gasteiger partial charge is 0.493 e. The van der Waals surface area contributed by atoms with Crippen LogP contribution in [0.4, 0.5) is 0 Å². The fourth-order valence-electron chi connectivity index (χ4n) is 2.31. The molecule has 2 rings (SSSR count). The normalized spacial score (nSPS) is 10.7. The molecule has 1 N–H and O–H groups in total. The average Bonchev–Trinajstić information content (AvgIpc) is 2.59. The van der Waals surface area contributed by atoms with Crippen molar-refractivity contribution in [2.75, 3.05) is 13.4 Å². The van der Waals surface area contributed by atoms with Crippen molar-refractivity contribution in [1.29, 1.82) is 0 Å². The second-order valence-corrected chi connectivity index (χ2v) is 5.84. The number of carbonyl (C=O) groups is 1. The van der Waals surface area contributed by atoms with Crippen LogP contribution in [0, 0.1) is 0 Å². The van der Waals surface area contributed by atoms with Crippen LogP contribution in [-0.2, 0) is 4.74 Å². The predicted octanol–water partition coefficient (Wildman–Crippen LogP) is 4.60. The second-order valence-electron chi connectivity index (χ2n) is 5.84. The summed E-state index contributed by atoms with van der Waals surface area (Å²) in [6.45, 7) is 6.35. The summed E-state index contributed by atoms with van der Waals surface area (Å²) < 4.78 is 16.8. The van der Waals surface area contributed by atoms with Crippen molar-refractivity contribution in [3.63, 3.8) is 0 Å². The maximum atomic E-state index is 11.8. The lowest BCUT2D eigenvalue weighted by molar-refractivity contribution is -0.0198. The fraction of sp³-hybridized carbons (Fsp3) is 0.350. The molecule has 5 heteroatoms. The fourth-order valence-corrected chi connectivity index (χ4v) is 2.31. The van der Waals surface area contributed by atoms with Crippen molar-refractivity contribution in [1.82, 2.24) is 0 Å². The van der Waals surface area contributed by atoms with E-state index in [4.69, 9.17) is 14.2 Å². The van der Waals surface area contributed by atoms with Crippen molar-refractivity contribution >= 4 is 5.97 Å². The van der Waals surface area contributed by atoms with Gasteiger partial charge < -0.3 is 19.3 Å². The van der Waals surface area contributed by atoms with Crippen LogP contribution in [0.3, 0.4) is 0 Å². The number of aromatic carboxylic acids is 1. The lowest BCUT2D eigenvalue weighted by Crippen LogP contribution is -2.11. The van der Waals surface area contributed by atoms with Gasteiger partial charge in [0.2, 0.25) is 0 Å². The maximum Gasteiger partial charge on any atom is 0.336 e. The molecular weight excluding hydrogens is 320 g/mol. The van der Waals surface area contributed by atoms with Crippen LogP contribution in [-0.4, -0.2) is 30.6 Å². The summed E-state index contributed by atoms with van der Waals surface area (Å²) in [5.41, 5.74) is 1.42. The van der Waals surface area contributed by atoms with Gasteiger partial charge >= 0.3 is 5.97 Å². The van der Waals surface area contributed by atoms with Crippen molar-refractivity contribution < 1.29 is 24.1 Å². The van der Waals surface area contributed by atoms with Crippen LogP contribution in [0.1, 0.15) is 37.6 Å². The topological polar surface area (TPSA) is 65.0 Å². The smallest absolute Gasteiger partial charge is 0.336 e. The molecule has 0 aliphatic rings. The Labute approximate surface area is 148 Å². The molecule has 0 spiro atoms. The minimum atomic E-state index is -1.03. The van der Waals surface area contributed by atoms with E-state index in [1.807, 2.05) is 51.1 Å². The molecular formula is C20H24O5. The van der Waals surface area contributed by atoms with Gasteiger partial charge in [0.25, 0.3) is 0 Å². The SMILES string of the molecule is CCCOc1cc(OCOC(C)C)c(-c2ccccc2)c(C(=O)O)c1. The summed E-state index contributed by atoms with van der Waals surface area (Å²) in [6.07, 6.45) is 0.841. The molecule has 0 fully saturated rings. The Kier molecular flexibility index (Phi) is 6.83. The molecule has 0 aliphatic carbocycles. The Hall–Kier alpha value is -2.53. The van der Waals surface area contributed by atoms with E-state index in [0.717, 1.165) is 12.0 Å². The number of hydrogen-bond donors (Lipinski definition) is 1. The third-order valence-electron chi connectivity index (χ3n) is 3.46. The van der Waals surface area contributed by atoms with Crippen molar-refractivity contribution in [3.05, 3.63) is 48.0 Å². The first-order valence-electron chi connectivity index (χ1n) is 8.36. The van der Waals surface area contributed by atoms with Crippen LogP contribution >= 0.6 is 0 Å². The van der Waals surface area contributed by atoms with Gasteiger partial charge in [-0.15, -0.1) is 0 Å². The third kappa shape index (κ3) is 5.22. The maximum absolute atomic E-state index is 11.8. The molecule has 2 aromatic rings. The number of ether oxygens (including phenoxy) is 3. The molecule has 0 aromatic heterocycles.